The number of hydrazone groups is 1. The Kier molecular flexibility index (Phi) is 5.09. The number of carbonyl (C=O) groups excluding carboxylic acids is 2. The molecule has 0 aliphatic carbocycles. The molecule has 0 spiro atoms. The van der Waals surface area contributed by atoms with Crippen LogP contribution in [0.15, 0.2) is 29.4 Å². The summed E-state index contributed by atoms with van der Waals surface area (Å²) in [4.78, 5) is 26.9. The highest BCUT2D eigenvalue weighted by Crippen LogP contribution is 2.26. The van der Waals surface area contributed by atoms with Gasteiger partial charge in [0.25, 0.3) is 5.91 Å². The van der Waals surface area contributed by atoms with Crippen molar-refractivity contribution in [2.75, 3.05) is 36.0 Å². The Balaban J connectivity index is 1.34. The molecule has 1 N–H and O–H groups in total. The summed E-state index contributed by atoms with van der Waals surface area (Å²) in [5.41, 5.74) is 2.84. The minimum absolute atomic E-state index is 0.0653. The molecule has 2 amide bonds. The van der Waals surface area contributed by atoms with E-state index in [0.29, 0.717) is 25.2 Å². The first-order valence-corrected chi connectivity index (χ1v) is 11.5. The summed E-state index contributed by atoms with van der Waals surface area (Å²) in [7, 11) is -3.12. The second-order valence-electron chi connectivity index (χ2n) is 7.46. The fraction of sp³-hybridized carbons (Fsp3) is 0.526. The highest BCUT2D eigenvalue weighted by molar-refractivity contribution is 7.91. The molecule has 0 bridgehead atoms. The third kappa shape index (κ3) is 3.89. The Morgan fingerprint density at radius 2 is 2.04 bits per heavy atom. The number of fused-ring (bicyclic) bond motifs is 1. The molecule has 28 heavy (non-hydrogen) atoms. The Bertz CT molecular complexity index is 928. The fourth-order valence-corrected chi connectivity index (χ4v) is 5.73. The molecular formula is C19H24N4O4S. The highest BCUT2D eigenvalue weighted by Gasteiger charge is 2.37. The number of nitrogens with zero attached hydrogens (tertiary/aromatic N) is 3. The summed E-state index contributed by atoms with van der Waals surface area (Å²) in [5.74, 6) is -0.514. The highest BCUT2D eigenvalue weighted by atomic mass is 32.2. The van der Waals surface area contributed by atoms with Crippen molar-refractivity contribution in [1.82, 2.24) is 10.3 Å². The lowest BCUT2D eigenvalue weighted by atomic mass is 10.1. The molecular weight excluding hydrogens is 380 g/mol. The summed E-state index contributed by atoms with van der Waals surface area (Å²) in [6, 6.07) is 7.81. The van der Waals surface area contributed by atoms with Crippen LogP contribution in [0.2, 0.25) is 0 Å². The van der Waals surface area contributed by atoms with Gasteiger partial charge in [0.05, 0.1) is 17.5 Å². The number of benzene rings is 1. The molecule has 150 valence electrons. The molecule has 0 aromatic heterocycles. The molecule has 1 fully saturated rings. The van der Waals surface area contributed by atoms with Gasteiger partial charge in [0.15, 0.2) is 9.84 Å². The lowest BCUT2D eigenvalue weighted by molar-refractivity contribution is -0.133. The zero-order chi connectivity index (χ0) is 19.7. The van der Waals surface area contributed by atoms with Crippen molar-refractivity contribution in [3.63, 3.8) is 0 Å². The zero-order valence-electron chi connectivity index (χ0n) is 15.6. The normalized spacial score (nSPS) is 23.5. The van der Waals surface area contributed by atoms with Gasteiger partial charge in [0.2, 0.25) is 5.91 Å². The summed E-state index contributed by atoms with van der Waals surface area (Å²) in [6.45, 7) is 2.13. The standard InChI is InChI=1S/C19H24N4O4S/c24-18-6-5-16(21-23(18)15-8-12-28(26,27)13-15)19(25)20-9-11-22-10-7-14-3-1-2-4-17(14)22/h1-4,15H,5-13H2,(H,20,25). The van der Waals surface area contributed by atoms with Crippen molar-refractivity contribution in [2.45, 2.75) is 31.7 Å². The van der Waals surface area contributed by atoms with Crippen molar-refractivity contribution < 1.29 is 18.0 Å². The second-order valence-corrected chi connectivity index (χ2v) is 9.69. The molecule has 4 rings (SSSR count). The van der Waals surface area contributed by atoms with Crippen LogP contribution in [0.3, 0.4) is 0 Å². The zero-order valence-corrected chi connectivity index (χ0v) is 16.5. The number of nitrogens with one attached hydrogen (secondary N) is 1. The van der Waals surface area contributed by atoms with E-state index in [1.165, 1.54) is 16.3 Å². The molecule has 1 unspecified atom stereocenters. The van der Waals surface area contributed by atoms with Crippen LogP contribution in [-0.2, 0) is 25.8 Å². The van der Waals surface area contributed by atoms with E-state index in [1.807, 2.05) is 12.1 Å². The van der Waals surface area contributed by atoms with Crippen LogP contribution in [-0.4, -0.2) is 68.1 Å². The topological polar surface area (TPSA) is 99.2 Å². The molecule has 3 aliphatic heterocycles. The first-order valence-electron chi connectivity index (χ1n) is 9.64. The van der Waals surface area contributed by atoms with Gasteiger partial charge in [-0.2, -0.15) is 5.10 Å². The smallest absolute Gasteiger partial charge is 0.267 e. The van der Waals surface area contributed by atoms with Gasteiger partial charge in [-0.3, -0.25) is 9.59 Å². The van der Waals surface area contributed by atoms with Crippen LogP contribution in [0, 0.1) is 0 Å². The predicted molar refractivity (Wildman–Crippen MR) is 106 cm³/mol. The van der Waals surface area contributed by atoms with E-state index in [9.17, 15) is 18.0 Å². The first kappa shape index (κ1) is 18.9. The van der Waals surface area contributed by atoms with Gasteiger partial charge in [-0.05, 0) is 24.5 Å². The van der Waals surface area contributed by atoms with E-state index in [2.05, 4.69) is 27.5 Å². The quantitative estimate of drug-likeness (QED) is 0.763. The molecule has 0 saturated carbocycles. The van der Waals surface area contributed by atoms with Crippen LogP contribution in [0.5, 0.6) is 0 Å². The van der Waals surface area contributed by atoms with Gasteiger partial charge in [-0.15, -0.1) is 0 Å². The summed E-state index contributed by atoms with van der Waals surface area (Å²) >= 11 is 0. The molecule has 3 heterocycles. The van der Waals surface area contributed by atoms with Crippen molar-refractivity contribution >= 4 is 33.1 Å². The van der Waals surface area contributed by atoms with Crippen LogP contribution in [0.4, 0.5) is 5.69 Å². The van der Waals surface area contributed by atoms with E-state index in [-0.39, 0.29) is 36.2 Å². The third-order valence-electron chi connectivity index (χ3n) is 5.53. The van der Waals surface area contributed by atoms with Crippen molar-refractivity contribution in [1.29, 1.82) is 0 Å². The van der Waals surface area contributed by atoms with E-state index >= 15 is 0 Å². The van der Waals surface area contributed by atoms with Gasteiger partial charge >= 0.3 is 0 Å². The van der Waals surface area contributed by atoms with Gasteiger partial charge in [0, 0.05) is 38.2 Å². The van der Waals surface area contributed by atoms with Gasteiger partial charge in [-0.1, -0.05) is 18.2 Å². The number of para-hydroxylation sites is 1. The Morgan fingerprint density at radius 1 is 1.21 bits per heavy atom. The Hall–Kier alpha value is -2.42. The van der Waals surface area contributed by atoms with E-state index < -0.39 is 15.9 Å². The molecule has 1 saturated heterocycles. The SMILES string of the molecule is O=C(NCCN1CCc2ccccc21)C1=NN(C2CCS(=O)(=O)C2)C(=O)CC1. The van der Waals surface area contributed by atoms with Crippen LogP contribution >= 0.6 is 0 Å². The summed E-state index contributed by atoms with van der Waals surface area (Å²) < 4.78 is 23.4. The van der Waals surface area contributed by atoms with Crippen molar-refractivity contribution in [3.05, 3.63) is 29.8 Å². The van der Waals surface area contributed by atoms with Crippen molar-refractivity contribution in [3.8, 4) is 0 Å². The lowest BCUT2D eigenvalue weighted by Crippen LogP contribution is -2.44. The Morgan fingerprint density at radius 3 is 2.82 bits per heavy atom. The lowest BCUT2D eigenvalue weighted by Gasteiger charge is -2.27. The Labute approximate surface area is 164 Å². The minimum Gasteiger partial charge on any atom is -0.369 e. The third-order valence-corrected chi connectivity index (χ3v) is 7.28. The van der Waals surface area contributed by atoms with Gasteiger partial charge < -0.3 is 10.2 Å². The monoisotopic (exact) mass is 404 g/mol. The maximum absolute atomic E-state index is 12.5. The largest absolute Gasteiger partial charge is 0.369 e. The molecule has 3 aliphatic rings. The maximum atomic E-state index is 12.5. The van der Waals surface area contributed by atoms with Crippen LogP contribution < -0.4 is 10.2 Å². The van der Waals surface area contributed by atoms with Crippen LogP contribution in [0.1, 0.15) is 24.8 Å². The number of carbonyl (C=O) groups is 2. The molecule has 1 aromatic carbocycles. The molecule has 9 heteroatoms. The number of rotatable bonds is 5. The number of sulfone groups is 1. The molecule has 1 aromatic rings. The summed E-state index contributed by atoms with van der Waals surface area (Å²) in [5, 5.41) is 8.31. The maximum Gasteiger partial charge on any atom is 0.267 e. The number of amides is 2. The number of hydrogen-bond acceptors (Lipinski definition) is 6. The summed E-state index contributed by atoms with van der Waals surface area (Å²) in [6.07, 6.45) is 1.86. The van der Waals surface area contributed by atoms with Crippen LogP contribution in [0.25, 0.3) is 0 Å². The number of hydrogen-bond donors (Lipinski definition) is 1. The van der Waals surface area contributed by atoms with Gasteiger partial charge in [-0.25, -0.2) is 13.4 Å². The minimum atomic E-state index is -3.12. The molecule has 0 radical (unpaired) electrons. The average molecular weight is 404 g/mol. The van der Waals surface area contributed by atoms with Crippen molar-refractivity contribution in [2.24, 2.45) is 5.10 Å². The molecule has 8 nitrogen and oxygen atoms in total. The van der Waals surface area contributed by atoms with Gasteiger partial charge in [0.1, 0.15) is 5.71 Å². The molecule has 1 atom stereocenters. The second kappa shape index (κ2) is 7.54. The van der Waals surface area contributed by atoms with E-state index in [0.717, 1.165) is 13.0 Å². The first-order chi connectivity index (χ1) is 13.4. The average Bonchev–Trinajstić information content (AvgIpc) is 3.25. The fourth-order valence-electron chi connectivity index (χ4n) is 4.03. The van der Waals surface area contributed by atoms with E-state index in [4.69, 9.17) is 0 Å². The number of anilines is 1. The predicted octanol–water partition coefficient (Wildman–Crippen LogP) is 0.331. The van der Waals surface area contributed by atoms with E-state index in [1.54, 1.807) is 0 Å².